The minimum absolute atomic E-state index is 0.124. The van der Waals surface area contributed by atoms with Crippen molar-refractivity contribution in [2.24, 2.45) is 11.7 Å². The van der Waals surface area contributed by atoms with Crippen LogP contribution in [0.3, 0.4) is 0 Å². The molecule has 116 valence electrons. The standard InChI is InChI=1S/C16H18FN3O2/c1-10-6-11(7-18)8-20(10)16(21)14-15(22-9-19-14)12-2-4-13(17)5-3-12/h2-5,9-11H,6-8,18H2,1H3. The van der Waals surface area contributed by atoms with Crippen LogP contribution in [0.15, 0.2) is 35.1 Å². The molecule has 1 aliphatic heterocycles. The molecule has 2 N–H and O–H groups in total. The molecule has 1 amide bonds. The van der Waals surface area contributed by atoms with E-state index in [1.165, 1.54) is 18.5 Å². The lowest BCUT2D eigenvalue weighted by molar-refractivity contribution is 0.0738. The molecule has 22 heavy (non-hydrogen) atoms. The highest BCUT2D eigenvalue weighted by atomic mass is 19.1. The molecule has 1 fully saturated rings. The number of carbonyl (C=O) groups excluding carboxylic acids is 1. The third-order valence-electron chi connectivity index (χ3n) is 4.13. The first-order chi connectivity index (χ1) is 10.6. The number of likely N-dealkylation sites (tertiary alicyclic amines) is 1. The minimum atomic E-state index is -0.338. The molecule has 0 radical (unpaired) electrons. The number of hydrogen-bond acceptors (Lipinski definition) is 4. The van der Waals surface area contributed by atoms with E-state index in [2.05, 4.69) is 4.98 Å². The predicted octanol–water partition coefficient (Wildman–Crippen LogP) is 2.29. The molecule has 3 rings (SSSR count). The second-order valence-corrected chi connectivity index (χ2v) is 5.68. The number of benzene rings is 1. The Labute approximate surface area is 127 Å². The van der Waals surface area contributed by atoms with Gasteiger partial charge >= 0.3 is 0 Å². The molecule has 5 nitrogen and oxygen atoms in total. The van der Waals surface area contributed by atoms with E-state index < -0.39 is 0 Å². The maximum absolute atomic E-state index is 13.0. The molecule has 2 atom stereocenters. The van der Waals surface area contributed by atoms with Gasteiger partial charge in [-0.2, -0.15) is 0 Å². The Morgan fingerprint density at radius 2 is 2.18 bits per heavy atom. The highest BCUT2D eigenvalue weighted by Gasteiger charge is 2.34. The third kappa shape index (κ3) is 2.62. The van der Waals surface area contributed by atoms with Crippen LogP contribution in [0.25, 0.3) is 11.3 Å². The minimum Gasteiger partial charge on any atom is -0.443 e. The maximum Gasteiger partial charge on any atom is 0.276 e. The number of rotatable bonds is 3. The summed E-state index contributed by atoms with van der Waals surface area (Å²) in [5, 5.41) is 0. The van der Waals surface area contributed by atoms with E-state index in [9.17, 15) is 9.18 Å². The van der Waals surface area contributed by atoms with Crippen LogP contribution in [-0.2, 0) is 0 Å². The van der Waals surface area contributed by atoms with E-state index >= 15 is 0 Å². The van der Waals surface area contributed by atoms with Crippen LogP contribution in [0, 0.1) is 11.7 Å². The molecule has 2 aromatic rings. The number of halogens is 1. The average molecular weight is 303 g/mol. The Kier molecular flexibility index (Phi) is 3.94. The summed E-state index contributed by atoms with van der Waals surface area (Å²) in [6.45, 7) is 3.20. The van der Waals surface area contributed by atoms with Gasteiger partial charge in [-0.1, -0.05) is 0 Å². The van der Waals surface area contributed by atoms with Crippen LogP contribution in [-0.4, -0.2) is 34.9 Å². The lowest BCUT2D eigenvalue weighted by Crippen LogP contribution is -2.34. The van der Waals surface area contributed by atoms with Crippen LogP contribution in [0.4, 0.5) is 4.39 Å². The highest BCUT2D eigenvalue weighted by Crippen LogP contribution is 2.28. The number of hydrogen-bond donors (Lipinski definition) is 1. The molecule has 0 saturated carbocycles. The normalized spacial score (nSPS) is 21.3. The molecule has 0 spiro atoms. The highest BCUT2D eigenvalue weighted by molar-refractivity contribution is 5.97. The van der Waals surface area contributed by atoms with Gasteiger partial charge in [0.1, 0.15) is 5.82 Å². The second kappa shape index (κ2) is 5.88. The van der Waals surface area contributed by atoms with E-state index in [1.54, 1.807) is 17.0 Å². The van der Waals surface area contributed by atoms with Crippen molar-refractivity contribution in [3.8, 4) is 11.3 Å². The largest absolute Gasteiger partial charge is 0.443 e. The van der Waals surface area contributed by atoms with Crippen molar-refractivity contribution in [2.75, 3.05) is 13.1 Å². The summed E-state index contributed by atoms with van der Waals surface area (Å²) >= 11 is 0. The molecule has 2 unspecified atom stereocenters. The number of aromatic nitrogens is 1. The number of amides is 1. The predicted molar refractivity (Wildman–Crippen MR) is 79.6 cm³/mol. The summed E-state index contributed by atoms with van der Waals surface area (Å²) in [5.74, 6) is 0.181. The first kappa shape index (κ1) is 14.7. The molecular formula is C16H18FN3O2. The molecule has 6 heteroatoms. The Hall–Kier alpha value is -2.21. The van der Waals surface area contributed by atoms with Crippen LogP contribution in [0.5, 0.6) is 0 Å². The van der Waals surface area contributed by atoms with Gasteiger partial charge in [-0.15, -0.1) is 0 Å². The fourth-order valence-corrected chi connectivity index (χ4v) is 2.94. The van der Waals surface area contributed by atoms with Crippen molar-refractivity contribution in [3.05, 3.63) is 42.2 Å². The van der Waals surface area contributed by atoms with Gasteiger partial charge < -0.3 is 15.1 Å². The van der Waals surface area contributed by atoms with Crippen LogP contribution >= 0.6 is 0 Å². The summed E-state index contributed by atoms with van der Waals surface area (Å²) in [6.07, 6.45) is 2.14. The average Bonchev–Trinajstić information content (AvgIpc) is 3.14. The van der Waals surface area contributed by atoms with Crippen LogP contribution in [0.2, 0.25) is 0 Å². The van der Waals surface area contributed by atoms with E-state index in [-0.39, 0.29) is 23.5 Å². The molecule has 0 aliphatic carbocycles. The molecule has 1 saturated heterocycles. The van der Waals surface area contributed by atoms with Crippen molar-refractivity contribution in [1.82, 2.24) is 9.88 Å². The SMILES string of the molecule is CC1CC(CN)CN1C(=O)c1ncoc1-c1ccc(F)cc1. The smallest absolute Gasteiger partial charge is 0.276 e. The number of oxazole rings is 1. The van der Waals surface area contributed by atoms with E-state index in [4.69, 9.17) is 10.2 Å². The number of nitrogens with two attached hydrogens (primary N) is 1. The molecule has 0 bridgehead atoms. The van der Waals surface area contributed by atoms with Gasteiger partial charge in [0.05, 0.1) is 0 Å². The Balaban J connectivity index is 1.88. The fraction of sp³-hybridized carbons (Fsp3) is 0.375. The molecule has 1 aromatic heterocycles. The van der Waals surface area contributed by atoms with Crippen molar-refractivity contribution < 1.29 is 13.6 Å². The maximum atomic E-state index is 13.0. The van der Waals surface area contributed by atoms with E-state index in [0.717, 1.165) is 6.42 Å². The summed E-state index contributed by atoms with van der Waals surface area (Å²) in [7, 11) is 0. The molecule has 1 aromatic carbocycles. The molecular weight excluding hydrogens is 285 g/mol. The van der Waals surface area contributed by atoms with Crippen molar-refractivity contribution in [2.45, 2.75) is 19.4 Å². The monoisotopic (exact) mass is 303 g/mol. The van der Waals surface area contributed by atoms with Gasteiger partial charge in [0.2, 0.25) is 0 Å². The van der Waals surface area contributed by atoms with Crippen molar-refractivity contribution in [3.63, 3.8) is 0 Å². The number of nitrogens with zero attached hydrogens (tertiary/aromatic N) is 2. The summed E-state index contributed by atoms with van der Waals surface area (Å²) < 4.78 is 18.4. The zero-order chi connectivity index (χ0) is 15.7. The van der Waals surface area contributed by atoms with Gasteiger partial charge in [0, 0.05) is 18.2 Å². The summed E-state index contributed by atoms with van der Waals surface area (Å²) in [4.78, 5) is 18.6. The third-order valence-corrected chi connectivity index (χ3v) is 4.13. The van der Waals surface area contributed by atoms with E-state index in [1.807, 2.05) is 6.92 Å². The summed E-state index contributed by atoms with van der Waals surface area (Å²) in [5.41, 5.74) is 6.59. The van der Waals surface area contributed by atoms with Gasteiger partial charge in [-0.3, -0.25) is 4.79 Å². The Morgan fingerprint density at radius 1 is 1.45 bits per heavy atom. The Morgan fingerprint density at radius 3 is 2.82 bits per heavy atom. The zero-order valence-corrected chi connectivity index (χ0v) is 12.3. The van der Waals surface area contributed by atoms with Gasteiger partial charge in [0.15, 0.2) is 17.8 Å². The van der Waals surface area contributed by atoms with Gasteiger partial charge in [-0.25, -0.2) is 9.37 Å². The summed E-state index contributed by atoms with van der Waals surface area (Å²) in [6, 6.07) is 5.93. The Bertz CT molecular complexity index is 668. The van der Waals surface area contributed by atoms with Gasteiger partial charge in [0.25, 0.3) is 5.91 Å². The fourth-order valence-electron chi connectivity index (χ4n) is 2.94. The lowest BCUT2D eigenvalue weighted by Gasteiger charge is -2.20. The zero-order valence-electron chi connectivity index (χ0n) is 12.3. The topological polar surface area (TPSA) is 72.4 Å². The van der Waals surface area contributed by atoms with Crippen LogP contribution < -0.4 is 5.73 Å². The first-order valence-corrected chi connectivity index (χ1v) is 7.30. The van der Waals surface area contributed by atoms with Crippen molar-refractivity contribution in [1.29, 1.82) is 0 Å². The van der Waals surface area contributed by atoms with Gasteiger partial charge in [-0.05, 0) is 50.1 Å². The quantitative estimate of drug-likeness (QED) is 0.944. The lowest BCUT2D eigenvalue weighted by atomic mass is 10.1. The molecule has 2 heterocycles. The van der Waals surface area contributed by atoms with Crippen molar-refractivity contribution >= 4 is 5.91 Å². The van der Waals surface area contributed by atoms with Crippen LogP contribution in [0.1, 0.15) is 23.8 Å². The number of carbonyl (C=O) groups is 1. The first-order valence-electron chi connectivity index (χ1n) is 7.30. The second-order valence-electron chi connectivity index (χ2n) is 5.68. The molecule has 1 aliphatic rings. The van der Waals surface area contributed by atoms with E-state index in [0.29, 0.717) is 30.3 Å².